The van der Waals surface area contributed by atoms with Gasteiger partial charge in [-0.1, -0.05) is 19.1 Å². The van der Waals surface area contributed by atoms with Gasteiger partial charge in [0.25, 0.3) is 5.91 Å². The third kappa shape index (κ3) is 2.56. The van der Waals surface area contributed by atoms with Crippen LogP contribution in [0.25, 0.3) is 0 Å². The number of hydrogen-bond acceptors (Lipinski definition) is 3. The number of para-hydroxylation sites is 1. The van der Waals surface area contributed by atoms with E-state index < -0.39 is 0 Å². The summed E-state index contributed by atoms with van der Waals surface area (Å²) in [4.78, 5) is 28.8. The molecule has 1 aliphatic carbocycles. The fraction of sp³-hybridized carbons (Fsp3) is 0.579. The van der Waals surface area contributed by atoms with E-state index in [1.54, 1.807) is 0 Å². The minimum atomic E-state index is 0.0201. The predicted molar refractivity (Wildman–Crippen MR) is 90.2 cm³/mol. The molecule has 1 aromatic rings. The minimum Gasteiger partial charge on any atom is -0.489 e. The van der Waals surface area contributed by atoms with Crippen molar-refractivity contribution >= 4 is 11.8 Å². The average Bonchev–Trinajstić information content (AvgIpc) is 3.41. The lowest BCUT2D eigenvalue weighted by Gasteiger charge is -2.35. The van der Waals surface area contributed by atoms with Crippen LogP contribution in [0.15, 0.2) is 18.2 Å². The maximum Gasteiger partial charge on any atom is 0.257 e. The number of carbonyl (C=O) groups is 2. The molecule has 1 saturated carbocycles. The van der Waals surface area contributed by atoms with Gasteiger partial charge in [0.15, 0.2) is 0 Å². The highest BCUT2D eigenvalue weighted by atomic mass is 16.5. The van der Waals surface area contributed by atoms with Gasteiger partial charge in [-0.3, -0.25) is 9.59 Å². The van der Waals surface area contributed by atoms with E-state index in [1.165, 1.54) is 0 Å². The van der Waals surface area contributed by atoms with E-state index in [0.717, 1.165) is 24.2 Å². The number of ether oxygens (including phenoxy) is 1. The number of fused-ring (bicyclic) bond motifs is 1. The molecule has 2 heterocycles. The summed E-state index contributed by atoms with van der Waals surface area (Å²) >= 11 is 0. The highest BCUT2D eigenvalue weighted by Crippen LogP contribution is 2.40. The minimum absolute atomic E-state index is 0.0201. The van der Waals surface area contributed by atoms with E-state index in [2.05, 4.69) is 6.92 Å². The van der Waals surface area contributed by atoms with Crippen molar-refractivity contribution in [2.75, 3.05) is 26.2 Å². The van der Waals surface area contributed by atoms with Crippen LogP contribution in [0, 0.1) is 5.92 Å². The van der Waals surface area contributed by atoms with Crippen LogP contribution >= 0.6 is 0 Å². The van der Waals surface area contributed by atoms with E-state index in [-0.39, 0.29) is 23.8 Å². The van der Waals surface area contributed by atoms with E-state index in [1.807, 2.05) is 34.9 Å². The summed E-state index contributed by atoms with van der Waals surface area (Å²) in [6.45, 7) is 6.67. The molecule has 0 N–H and O–H groups in total. The van der Waals surface area contributed by atoms with Crippen LogP contribution < -0.4 is 4.74 Å². The van der Waals surface area contributed by atoms with Gasteiger partial charge in [-0.2, -0.15) is 0 Å². The van der Waals surface area contributed by atoms with E-state index in [9.17, 15) is 9.59 Å². The Hall–Kier alpha value is -2.04. The molecule has 0 bridgehead atoms. The molecule has 2 atom stereocenters. The van der Waals surface area contributed by atoms with Crippen molar-refractivity contribution in [2.45, 2.75) is 38.7 Å². The lowest BCUT2D eigenvalue weighted by Crippen LogP contribution is -2.51. The van der Waals surface area contributed by atoms with Crippen LogP contribution in [-0.4, -0.2) is 53.9 Å². The molecule has 2 aliphatic heterocycles. The number of nitrogens with zero attached hydrogens (tertiary/aromatic N) is 2. The van der Waals surface area contributed by atoms with Gasteiger partial charge in [-0.15, -0.1) is 0 Å². The molecule has 3 aliphatic rings. The lowest BCUT2D eigenvalue weighted by atomic mass is 9.96. The fourth-order valence-corrected chi connectivity index (χ4v) is 3.64. The maximum absolute atomic E-state index is 12.9. The third-order valence-electron chi connectivity index (χ3n) is 5.58. The topological polar surface area (TPSA) is 49.9 Å². The molecule has 1 aromatic carbocycles. The van der Waals surface area contributed by atoms with Crippen molar-refractivity contribution in [1.82, 2.24) is 9.80 Å². The molecule has 2 unspecified atom stereocenters. The van der Waals surface area contributed by atoms with Crippen LogP contribution in [0.5, 0.6) is 5.75 Å². The summed E-state index contributed by atoms with van der Waals surface area (Å²) in [5.74, 6) is 1.60. The molecular formula is C19H24N2O3. The first-order valence-electron chi connectivity index (χ1n) is 8.94. The van der Waals surface area contributed by atoms with Gasteiger partial charge in [0.1, 0.15) is 11.9 Å². The zero-order chi connectivity index (χ0) is 16.8. The van der Waals surface area contributed by atoms with Crippen LogP contribution in [0.4, 0.5) is 0 Å². The standard InChI is InChI=1S/C19H24N2O3/c1-12-13(2)24-17-15(12)4-3-5-16(17)19(23)21-10-8-20(9-11-21)18(22)14-6-7-14/h3-5,12-14H,6-11H2,1-2H3. The zero-order valence-corrected chi connectivity index (χ0v) is 14.3. The molecule has 5 heteroatoms. The van der Waals surface area contributed by atoms with Crippen molar-refractivity contribution < 1.29 is 14.3 Å². The Bertz CT molecular complexity index is 675. The average molecular weight is 328 g/mol. The maximum atomic E-state index is 12.9. The Morgan fingerprint density at radius 1 is 1.04 bits per heavy atom. The predicted octanol–water partition coefficient (Wildman–Crippen LogP) is 2.27. The summed E-state index contributed by atoms with van der Waals surface area (Å²) in [7, 11) is 0. The second kappa shape index (κ2) is 5.80. The Labute approximate surface area is 142 Å². The molecule has 5 nitrogen and oxygen atoms in total. The molecule has 2 amide bonds. The number of benzene rings is 1. The highest BCUT2D eigenvalue weighted by Gasteiger charge is 2.36. The third-order valence-corrected chi connectivity index (χ3v) is 5.58. The van der Waals surface area contributed by atoms with Gasteiger partial charge in [-0.05, 0) is 25.8 Å². The van der Waals surface area contributed by atoms with Crippen LogP contribution in [-0.2, 0) is 4.79 Å². The van der Waals surface area contributed by atoms with Crippen molar-refractivity contribution in [3.05, 3.63) is 29.3 Å². The second-order valence-corrected chi connectivity index (χ2v) is 7.23. The van der Waals surface area contributed by atoms with Crippen LogP contribution in [0.3, 0.4) is 0 Å². The smallest absolute Gasteiger partial charge is 0.257 e. The lowest BCUT2D eigenvalue weighted by molar-refractivity contribution is -0.134. The van der Waals surface area contributed by atoms with E-state index in [4.69, 9.17) is 4.74 Å². The Kier molecular flexibility index (Phi) is 3.74. The van der Waals surface area contributed by atoms with Crippen LogP contribution in [0.1, 0.15) is 48.5 Å². The van der Waals surface area contributed by atoms with Gasteiger partial charge >= 0.3 is 0 Å². The quantitative estimate of drug-likeness (QED) is 0.837. The molecule has 0 aromatic heterocycles. The SMILES string of the molecule is CC1Oc2c(C(=O)N3CCN(C(=O)C4CC4)CC3)cccc2C1C. The molecular weight excluding hydrogens is 304 g/mol. The Morgan fingerprint density at radius 2 is 1.71 bits per heavy atom. The summed E-state index contributed by atoms with van der Waals surface area (Å²) in [6.07, 6.45) is 2.16. The number of amides is 2. The van der Waals surface area contributed by atoms with Crippen molar-refractivity contribution in [3.8, 4) is 5.75 Å². The van der Waals surface area contributed by atoms with Gasteiger partial charge in [0, 0.05) is 43.6 Å². The van der Waals surface area contributed by atoms with Crippen molar-refractivity contribution in [1.29, 1.82) is 0 Å². The molecule has 24 heavy (non-hydrogen) atoms. The molecule has 1 saturated heterocycles. The number of piperazine rings is 1. The zero-order valence-electron chi connectivity index (χ0n) is 14.3. The fourth-order valence-electron chi connectivity index (χ4n) is 3.64. The summed E-state index contributed by atoms with van der Waals surface area (Å²) in [5, 5.41) is 0. The van der Waals surface area contributed by atoms with Gasteiger partial charge < -0.3 is 14.5 Å². The molecule has 4 rings (SSSR count). The first-order valence-corrected chi connectivity index (χ1v) is 8.94. The van der Waals surface area contributed by atoms with Gasteiger partial charge in [0.05, 0.1) is 5.56 Å². The highest BCUT2D eigenvalue weighted by molar-refractivity contribution is 5.98. The van der Waals surface area contributed by atoms with E-state index >= 15 is 0 Å². The summed E-state index contributed by atoms with van der Waals surface area (Å²) in [5.41, 5.74) is 1.78. The molecule has 0 spiro atoms. The number of carbonyl (C=O) groups excluding carboxylic acids is 2. The first kappa shape index (κ1) is 15.5. The summed E-state index contributed by atoms with van der Waals surface area (Å²) in [6, 6.07) is 5.84. The monoisotopic (exact) mass is 328 g/mol. The number of rotatable bonds is 2. The molecule has 0 radical (unpaired) electrons. The van der Waals surface area contributed by atoms with Crippen molar-refractivity contribution in [2.24, 2.45) is 5.92 Å². The van der Waals surface area contributed by atoms with E-state index in [0.29, 0.717) is 37.7 Å². The first-order chi connectivity index (χ1) is 11.6. The van der Waals surface area contributed by atoms with Gasteiger partial charge in [-0.25, -0.2) is 0 Å². The largest absolute Gasteiger partial charge is 0.489 e. The normalized spacial score (nSPS) is 26.1. The Balaban J connectivity index is 1.47. The summed E-state index contributed by atoms with van der Waals surface area (Å²) < 4.78 is 5.95. The molecule has 128 valence electrons. The number of hydrogen-bond donors (Lipinski definition) is 0. The Morgan fingerprint density at radius 3 is 2.38 bits per heavy atom. The molecule has 2 fully saturated rings. The van der Waals surface area contributed by atoms with Crippen LogP contribution in [0.2, 0.25) is 0 Å². The van der Waals surface area contributed by atoms with Gasteiger partial charge in [0.2, 0.25) is 5.91 Å². The van der Waals surface area contributed by atoms with Crippen molar-refractivity contribution in [3.63, 3.8) is 0 Å². The second-order valence-electron chi connectivity index (χ2n) is 7.23.